The zero-order valence-electron chi connectivity index (χ0n) is 20.3. The lowest BCUT2D eigenvalue weighted by atomic mass is 9.79. The maximum Gasteiger partial charge on any atom is 0.0107 e. The standard InChI is InChI=1S/C29H40N4/c1-22-21-25-9-8-23(27-11-10-24-6-4-7-26(22)28(24)29(25)27)5-2-3-18-33-19-16-31-14-12-30-13-15-32-17-20-33/h4,6-11,22,30-32H,2-3,5,12-21H2,1H3. The Morgan fingerprint density at radius 3 is 2.33 bits per heavy atom. The Balaban J connectivity index is 1.24. The summed E-state index contributed by atoms with van der Waals surface area (Å²) >= 11 is 0. The van der Waals surface area contributed by atoms with Crippen molar-refractivity contribution >= 4 is 21.5 Å². The van der Waals surface area contributed by atoms with Crippen molar-refractivity contribution in [2.45, 2.75) is 38.5 Å². The topological polar surface area (TPSA) is 39.3 Å². The van der Waals surface area contributed by atoms with Crippen molar-refractivity contribution in [3.05, 3.63) is 59.2 Å². The fourth-order valence-corrected chi connectivity index (χ4v) is 5.81. The van der Waals surface area contributed by atoms with E-state index in [4.69, 9.17) is 0 Å². The monoisotopic (exact) mass is 444 g/mol. The summed E-state index contributed by atoms with van der Waals surface area (Å²) in [4.78, 5) is 2.63. The van der Waals surface area contributed by atoms with Crippen LogP contribution in [0.2, 0.25) is 0 Å². The van der Waals surface area contributed by atoms with E-state index in [0.717, 1.165) is 52.4 Å². The summed E-state index contributed by atoms with van der Waals surface area (Å²) in [5, 5.41) is 16.6. The summed E-state index contributed by atoms with van der Waals surface area (Å²) in [5.74, 6) is 0.609. The lowest BCUT2D eigenvalue weighted by Gasteiger charge is -2.25. The molecule has 4 heteroatoms. The van der Waals surface area contributed by atoms with Crippen LogP contribution in [-0.2, 0) is 12.8 Å². The van der Waals surface area contributed by atoms with Crippen molar-refractivity contribution in [2.24, 2.45) is 0 Å². The molecule has 5 rings (SSSR count). The maximum absolute atomic E-state index is 3.58. The minimum absolute atomic E-state index is 0.609. The molecule has 3 aromatic carbocycles. The highest BCUT2D eigenvalue weighted by molar-refractivity contribution is 6.12. The van der Waals surface area contributed by atoms with Gasteiger partial charge in [-0.2, -0.15) is 0 Å². The molecule has 1 aliphatic carbocycles. The molecule has 1 saturated heterocycles. The Labute approximate surface area is 199 Å². The van der Waals surface area contributed by atoms with Crippen LogP contribution in [0.25, 0.3) is 21.5 Å². The molecule has 1 fully saturated rings. The summed E-state index contributed by atoms with van der Waals surface area (Å²) in [7, 11) is 0. The second kappa shape index (κ2) is 11.0. The normalized spacial score (nSPS) is 20.7. The van der Waals surface area contributed by atoms with Gasteiger partial charge in [0.2, 0.25) is 0 Å². The van der Waals surface area contributed by atoms with E-state index >= 15 is 0 Å². The van der Waals surface area contributed by atoms with Crippen molar-refractivity contribution in [3.63, 3.8) is 0 Å². The van der Waals surface area contributed by atoms with Gasteiger partial charge in [-0.25, -0.2) is 0 Å². The molecule has 2 aliphatic rings. The molecule has 0 aromatic heterocycles. The molecule has 4 nitrogen and oxygen atoms in total. The van der Waals surface area contributed by atoms with Gasteiger partial charge in [0.1, 0.15) is 0 Å². The van der Waals surface area contributed by atoms with Crippen LogP contribution in [0.5, 0.6) is 0 Å². The van der Waals surface area contributed by atoms with Crippen LogP contribution >= 0.6 is 0 Å². The predicted octanol–water partition coefficient (Wildman–Crippen LogP) is 4.06. The first kappa shape index (κ1) is 22.8. The molecular weight excluding hydrogens is 404 g/mol. The number of nitrogens with zero attached hydrogens (tertiary/aromatic N) is 1. The van der Waals surface area contributed by atoms with Crippen molar-refractivity contribution in [1.29, 1.82) is 0 Å². The van der Waals surface area contributed by atoms with Crippen molar-refractivity contribution in [3.8, 4) is 0 Å². The Morgan fingerprint density at radius 2 is 1.55 bits per heavy atom. The fraction of sp³-hybridized carbons (Fsp3) is 0.517. The van der Waals surface area contributed by atoms with Gasteiger partial charge in [-0.3, -0.25) is 0 Å². The van der Waals surface area contributed by atoms with Crippen LogP contribution in [0.15, 0.2) is 42.5 Å². The number of aryl methyl sites for hydroxylation is 1. The van der Waals surface area contributed by atoms with Crippen LogP contribution in [0.4, 0.5) is 0 Å². The molecule has 3 N–H and O–H groups in total. The van der Waals surface area contributed by atoms with E-state index in [2.05, 4.69) is 70.2 Å². The lowest BCUT2D eigenvalue weighted by Crippen LogP contribution is -2.42. The summed E-state index contributed by atoms with van der Waals surface area (Å²) in [6.07, 6.45) is 4.86. The quantitative estimate of drug-likeness (QED) is 0.410. The van der Waals surface area contributed by atoms with E-state index in [0.29, 0.717) is 5.92 Å². The van der Waals surface area contributed by atoms with Crippen LogP contribution in [0.1, 0.15) is 42.4 Å². The molecule has 33 heavy (non-hydrogen) atoms. The molecule has 1 atom stereocenters. The molecule has 1 unspecified atom stereocenters. The van der Waals surface area contributed by atoms with Crippen LogP contribution < -0.4 is 16.0 Å². The van der Waals surface area contributed by atoms with Gasteiger partial charge in [0.25, 0.3) is 0 Å². The van der Waals surface area contributed by atoms with Crippen LogP contribution in [0, 0.1) is 0 Å². The van der Waals surface area contributed by atoms with E-state index in [1.807, 2.05) is 0 Å². The molecule has 0 radical (unpaired) electrons. The fourth-order valence-electron chi connectivity index (χ4n) is 5.81. The number of hydrogen-bond donors (Lipinski definition) is 3. The number of rotatable bonds is 5. The van der Waals surface area contributed by atoms with Gasteiger partial charge in [0.05, 0.1) is 0 Å². The highest BCUT2D eigenvalue weighted by Gasteiger charge is 2.21. The molecule has 0 spiro atoms. The van der Waals surface area contributed by atoms with Gasteiger partial charge in [0, 0.05) is 52.4 Å². The van der Waals surface area contributed by atoms with Crippen molar-refractivity contribution in [1.82, 2.24) is 20.9 Å². The third kappa shape index (κ3) is 5.25. The van der Waals surface area contributed by atoms with Gasteiger partial charge >= 0.3 is 0 Å². The van der Waals surface area contributed by atoms with Crippen molar-refractivity contribution in [2.75, 3.05) is 58.9 Å². The first-order valence-corrected chi connectivity index (χ1v) is 13.1. The zero-order valence-corrected chi connectivity index (χ0v) is 20.3. The Morgan fingerprint density at radius 1 is 0.788 bits per heavy atom. The molecule has 0 saturated carbocycles. The average molecular weight is 445 g/mol. The third-order valence-corrected chi connectivity index (χ3v) is 7.62. The molecule has 3 aromatic rings. The number of nitrogens with one attached hydrogen (secondary N) is 3. The molecule has 0 amide bonds. The first-order valence-electron chi connectivity index (χ1n) is 13.1. The van der Waals surface area contributed by atoms with E-state index < -0.39 is 0 Å². The van der Waals surface area contributed by atoms with E-state index in [9.17, 15) is 0 Å². The van der Waals surface area contributed by atoms with Gasteiger partial charge < -0.3 is 20.9 Å². The third-order valence-electron chi connectivity index (χ3n) is 7.62. The molecule has 1 heterocycles. The Kier molecular flexibility index (Phi) is 7.57. The Bertz CT molecular complexity index is 1060. The average Bonchev–Trinajstić information content (AvgIpc) is 2.83. The van der Waals surface area contributed by atoms with Gasteiger partial charge in [-0.15, -0.1) is 0 Å². The minimum Gasteiger partial charge on any atom is -0.314 e. The maximum atomic E-state index is 3.58. The molecule has 1 aliphatic heterocycles. The first-order chi connectivity index (χ1) is 16.3. The lowest BCUT2D eigenvalue weighted by molar-refractivity contribution is 0.266. The summed E-state index contributed by atoms with van der Waals surface area (Å²) in [6, 6.07) is 16.4. The van der Waals surface area contributed by atoms with Crippen LogP contribution in [-0.4, -0.2) is 63.8 Å². The predicted molar refractivity (Wildman–Crippen MR) is 142 cm³/mol. The summed E-state index contributed by atoms with van der Waals surface area (Å²) < 4.78 is 0. The number of benzene rings is 3. The summed E-state index contributed by atoms with van der Waals surface area (Å²) in [6.45, 7) is 12.3. The van der Waals surface area contributed by atoms with Crippen LogP contribution in [0.3, 0.4) is 0 Å². The number of unbranched alkanes of at least 4 members (excludes halogenated alkanes) is 1. The minimum atomic E-state index is 0.609. The van der Waals surface area contributed by atoms with Gasteiger partial charge in [0.15, 0.2) is 0 Å². The molecular formula is C29H40N4. The van der Waals surface area contributed by atoms with Gasteiger partial charge in [-0.05, 0) is 76.4 Å². The largest absolute Gasteiger partial charge is 0.314 e. The Hall–Kier alpha value is -1.98. The van der Waals surface area contributed by atoms with E-state index in [1.54, 1.807) is 5.56 Å². The van der Waals surface area contributed by atoms with Gasteiger partial charge in [-0.1, -0.05) is 49.4 Å². The SMILES string of the molecule is CC1Cc2ccc(CCCCN3CCNCCNCCNCC3)c3ccc4cccc1c4c23. The number of hydrogen-bond acceptors (Lipinski definition) is 4. The summed E-state index contributed by atoms with van der Waals surface area (Å²) in [5.41, 5.74) is 4.61. The molecule has 176 valence electrons. The highest BCUT2D eigenvalue weighted by atomic mass is 15.2. The molecule has 0 bridgehead atoms. The highest BCUT2D eigenvalue weighted by Crippen LogP contribution is 2.41. The second-order valence-corrected chi connectivity index (χ2v) is 9.97. The zero-order chi connectivity index (χ0) is 22.5. The van der Waals surface area contributed by atoms with E-state index in [-0.39, 0.29) is 0 Å². The smallest absolute Gasteiger partial charge is 0.0107 e. The van der Waals surface area contributed by atoms with Crippen molar-refractivity contribution < 1.29 is 0 Å². The second-order valence-electron chi connectivity index (χ2n) is 9.97. The van der Waals surface area contributed by atoms with E-state index in [1.165, 1.54) is 64.9 Å².